The number of likely N-dealkylation sites (tertiary alicyclic amines) is 1. The van der Waals surface area contributed by atoms with E-state index in [-0.39, 0.29) is 23.9 Å². The van der Waals surface area contributed by atoms with E-state index in [1.54, 1.807) is 17.3 Å². The molecule has 3 amide bonds. The number of anilines is 1. The van der Waals surface area contributed by atoms with Crippen LogP contribution in [0.4, 0.5) is 10.5 Å². The first kappa shape index (κ1) is 22.0. The summed E-state index contributed by atoms with van der Waals surface area (Å²) in [5.74, 6) is -0.268. The van der Waals surface area contributed by atoms with Gasteiger partial charge < -0.3 is 15.5 Å². The fraction of sp³-hybridized carbons (Fsp3) is 0.333. The number of thiazole rings is 1. The molecule has 1 aromatic carbocycles. The van der Waals surface area contributed by atoms with Crippen molar-refractivity contribution in [3.8, 4) is 11.3 Å². The maximum Gasteiger partial charge on any atom is 0.321 e. The molecule has 8 heteroatoms. The van der Waals surface area contributed by atoms with Gasteiger partial charge in [-0.1, -0.05) is 12.1 Å². The highest BCUT2D eigenvalue weighted by Gasteiger charge is 2.29. The summed E-state index contributed by atoms with van der Waals surface area (Å²) < 4.78 is 0. The van der Waals surface area contributed by atoms with Crippen molar-refractivity contribution in [1.82, 2.24) is 20.2 Å². The molecule has 7 nitrogen and oxygen atoms in total. The van der Waals surface area contributed by atoms with Crippen LogP contribution >= 0.6 is 11.3 Å². The number of amides is 3. The molecule has 1 fully saturated rings. The highest BCUT2D eigenvalue weighted by atomic mass is 32.1. The lowest BCUT2D eigenvalue weighted by Crippen LogP contribution is -2.47. The van der Waals surface area contributed by atoms with E-state index < -0.39 is 0 Å². The number of carbonyl (C=O) groups excluding carboxylic acids is 2. The highest BCUT2D eigenvalue weighted by Crippen LogP contribution is 2.26. The molecule has 4 rings (SSSR count). The Labute approximate surface area is 191 Å². The van der Waals surface area contributed by atoms with Crippen molar-refractivity contribution >= 4 is 29.0 Å². The van der Waals surface area contributed by atoms with Crippen LogP contribution in [-0.2, 0) is 4.79 Å². The number of aryl methyl sites for hydroxylation is 1. The van der Waals surface area contributed by atoms with Crippen molar-refractivity contribution in [2.45, 2.75) is 32.7 Å². The minimum Gasteiger partial charge on any atom is -0.347 e. The molecule has 166 valence electrons. The maximum atomic E-state index is 12.9. The number of rotatable bonds is 5. The van der Waals surface area contributed by atoms with Crippen molar-refractivity contribution in [3.05, 3.63) is 64.7 Å². The van der Waals surface area contributed by atoms with Gasteiger partial charge in [0.15, 0.2) is 0 Å². The van der Waals surface area contributed by atoms with E-state index in [0.29, 0.717) is 13.1 Å². The molecule has 0 radical (unpaired) electrons. The molecule has 0 aliphatic carbocycles. The molecule has 3 heterocycles. The third kappa shape index (κ3) is 5.31. The molecule has 32 heavy (non-hydrogen) atoms. The van der Waals surface area contributed by atoms with Gasteiger partial charge in [0.05, 0.1) is 17.7 Å². The third-order valence-electron chi connectivity index (χ3n) is 5.56. The van der Waals surface area contributed by atoms with Crippen LogP contribution in [0.5, 0.6) is 0 Å². The fourth-order valence-electron chi connectivity index (χ4n) is 3.83. The first-order valence-corrected chi connectivity index (χ1v) is 11.7. The number of piperidine rings is 1. The molecule has 2 aromatic heterocycles. The summed E-state index contributed by atoms with van der Waals surface area (Å²) in [6.45, 7) is 4.99. The predicted molar refractivity (Wildman–Crippen MR) is 126 cm³/mol. The molecule has 1 aliphatic heterocycles. The molecule has 0 spiro atoms. The second-order valence-electron chi connectivity index (χ2n) is 8.13. The number of hydrogen-bond acceptors (Lipinski definition) is 5. The van der Waals surface area contributed by atoms with Gasteiger partial charge in [0.1, 0.15) is 5.01 Å². The number of hydrogen-bond donors (Lipinski definition) is 2. The van der Waals surface area contributed by atoms with Crippen LogP contribution in [0.1, 0.15) is 36.4 Å². The van der Waals surface area contributed by atoms with E-state index in [2.05, 4.69) is 20.6 Å². The monoisotopic (exact) mass is 449 g/mol. The van der Waals surface area contributed by atoms with Gasteiger partial charge in [-0.15, -0.1) is 11.3 Å². The zero-order valence-corrected chi connectivity index (χ0v) is 19.1. The summed E-state index contributed by atoms with van der Waals surface area (Å²) in [4.78, 5) is 36.2. The second-order valence-corrected chi connectivity index (χ2v) is 9.02. The van der Waals surface area contributed by atoms with Crippen LogP contribution in [0, 0.1) is 12.8 Å². The SMILES string of the molecule is Cc1cccc(NC(=O)N2CCCC(C(=O)NC(C)c3nc(-c4cccnc4)cs3)C2)c1. The van der Waals surface area contributed by atoms with Gasteiger partial charge in [-0.05, 0) is 56.5 Å². The Morgan fingerprint density at radius 2 is 2.12 bits per heavy atom. The summed E-state index contributed by atoms with van der Waals surface area (Å²) in [6.07, 6.45) is 5.08. The van der Waals surface area contributed by atoms with E-state index in [0.717, 1.165) is 40.4 Å². The zero-order chi connectivity index (χ0) is 22.5. The Morgan fingerprint density at radius 1 is 1.25 bits per heavy atom. The Bertz CT molecular complexity index is 1080. The van der Waals surface area contributed by atoms with Crippen molar-refractivity contribution in [2.75, 3.05) is 18.4 Å². The van der Waals surface area contributed by atoms with Gasteiger partial charge in [-0.25, -0.2) is 9.78 Å². The molecular weight excluding hydrogens is 422 g/mol. The van der Waals surface area contributed by atoms with Gasteiger partial charge in [-0.3, -0.25) is 9.78 Å². The van der Waals surface area contributed by atoms with Crippen LogP contribution in [0.3, 0.4) is 0 Å². The number of nitrogens with one attached hydrogen (secondary N) is 2. The third-order valence-corrected chi connectivity index (χ3v) is 6.58. The van der Waals surface area contributed by atoms with Crippen molar-refractivity contribution in [3.63, 3.8) is 0 Å². The summed E-state index contributed by atoms with van der Waals surface area (Å²) in [7, 11) is 0. The first-order chi connectivity index (χ1) is 15.5. The Balaban J connectivity index is 1.34. The van der Waals surface area contributed by atoms with Crippen LogP contribution in [0.25, 0.3) is 11.3 Å². The molecule has 0 saturated carbocycles. The molecule has 2 unspecified atom stereocenters. The van der Waals surface area contributed by atoms with Gasteiger partial charge in [0.2, 0.25) is 5.91 Å². The Hall–Kier alpha value is -3.26. The predicted octanol–water partition coefficient (Wildman–Crippen LogP) is 4.63. The number of benzene rings is 1. The highest BCUT2D eigenvalue weighted by molar-refractivity contribution is 7.10. The van der Waals surface area contributed by atoms with Gasteiger partial charge in [0, 0.05) is 42.1 Å². The molecule has 2 N–H and O–H groups in total. The quantitative estimate of drug-likeness (QED) is 0.594. The van der Waals surface area contributed by atoms with Gasteiger partial charge in [0.25, 0.3) is 0 Å². The average Bonchev–Trinajstić information content (AvgIpc) is 3.30. The number of pyridine rings is 1. The Kier molecular flexibility index (Phi) is 6.80. The van der Waals surface area contributed by atoms with E-state index >= 15 is 0 Å². The van der Waals surface area contributed by atoms with Crippen LogP contribution in [0.2, 0.25) is 0 Å². The lowest BCUT2D eigenvalue weighted by Gasteiger charge is -2.32. The van der Waals surface area contributed by atoms with Crippen molar-refractivity contribution < 1.29 is 9.59 Å². The van der Waals surface area contributed by atoms with E-state index in [1.807, 2.05) is 55.6 Å². The van der Waals surface area contributed by atoms with Gasteiger partial charge in [-0.2, -0.15) is 0 Å². The Morgan fingerprint density at radius 3 is 2.91 bits per heavy atom. The topological polar surface area (TPSA) is 87.2 Å². The smallest absolute Gasteiger partial charge is 0.321 e. The normalized spacial score (nSPS) is 16.9. The van der Waals surface area contributed by atoms with E-state index in [1.165, 1.54) is 11.3 Å². The summed E-state index contributed by atoms with van der Waals surface area (Å²) >= 11 is 1.52. The van der Waals surface area contributed by atoms with E-state index in [4.69, 9.17) is 0 Å². The first-order valence-electron chi connectivity index (χ1n) is 10.8. The van der Waals surface area contributed by atoms with Gasteiger partial charge >= 0.3 is 6.03 Å². The molecule has 2 atom stereocenters. The number of nitrogens with zero attached hydrogens (tertiary/aromatic N) is 3. The van der Waals surface area contributed by atoms with E-state index in [9.17, 15) is 9.59 Å². The van der Waals surface area contributed by atoms with Crippen LogP contribution in [-0.4, -0.2) is 39.9 Å². The largest absolute Gasteiger partial charge is 0.347 e. The van der Waals surface area contributed by atoms with Crippen LogP contribution in [0.15, 0.2) is 54.2 Å². The summed E-state index contributed by atoms with van der Waals surface area (Å²) in [5, 5.41) is 8.85. The van der Waals surface area contributed by atoms with Crippen molar-refractivity contribution in [2.24, 2.45) is 5.92 Å². The van der Waals surface area contributed by atoms with Crippen LogP contribution < -0.4 is 10.6 Å². The number of aromatic nitrogens is 2. The molecule has 1 saturated heterocycles. The standard InChI is InChI=1S/C24H27N5O2S/c1-16-6-3-9-20(12-16)27-24(31)29-11-5-8-19(14-29)22(30)26-17(2)23-28-21(15-32-23)18-7-4-10-25-13-18/h3-4,6-7,9-10,12-13,15,17,19H,5,8,11,14H2,1-2H3,(H,26,30)(H,27,31). The lowest BCUT2D eigenvalue weighted by molar-refractivity contribution is -0.126. The number of carbonyl (C=O) groups is 2. The summed E-state index contributed by atoms with van der Waals surface area (Å²) in [5.41, 5.74) is 3.66. The molecular formula is C24H27N5O2S. The van der Waals surface area contributed by atoms with Crippen molar-refractivity contribution in [1.29, 1.82) is 0 Å². The average molecular weight is 450 g/mol. The lowest BCUT2D eigenvalue weighted by atomic mass is 9.97. The molecule has 3 aromatic rings. The minimum atomic E-state index is -0.229. The minimum absolute atomic E-state index is 0.0383. The maximum absolute atomic E-state index is 12.9. The fourth-order valence-corrected chi connectivity index (χ4v) is 4.66. The second kappa shape index (κ2) is 9.91. The number of urea groups is 1. The zero-order valence-electron chi connectivity index (χ0n) is 18.2. The molecule has 0 bridgehead atoms. The molecule has 1 aliphatic rings. The summed E-state index contributed by atoms with van der Waals surface area (Å²) in [6, 6.07) is 11.2.